The van der Waals surface area contributed by atoms with E-state index in [0.717, 1.165) is 5.56 Å². The van der Waals surface area contributed by atoms with Crippen LogP contribution in [0.2, 0.25) is 0 Å². The Morgan fingerprint density at radius 2 is 1.88 bits per heavy atom. The number of nitrogens with zero attached hydrogens (tertiary/aromatic N) is 1. The zero-order valence-electron chi connectivity index (χ0n) is 24.9. The largest absolute Gasteiger partial charge is 0.514 e. The fourth-order valence-corrected chi connectivity index (χ4v) is 6.50. The molecule has 1 saturated heterocycles. The molecule has 0 bridgehead atoms. The summed E-state index contributed by atoms with van der Waals surface area (Å²) in [5.41, 5.74) is -1.48. The summed E-state index contributed by atoms with van der Waals surface area (Å²) in [4.78, 5) is 39.9. The molecule has 1 N–H and O–H groups in total. The fourth-order valence-electron chi connectivity index (χ4n) is 6.50. The molecule has 2 aliphatic heterocycles. The first-order chi connectivity index (χ1) is 19.0. The van der Waals surface area contributed by atoms with Crippen LogP contribution in [0.25, 0.3) is 0 Å². The second-order valence-electron chi connectivity index (χ2n) is 12.8. The molecule has 0 amide bonds. The van der Waals surface area contributed by atoms with E-state index in [0.29, 0.717) is 24.3 Å². The van der Waals surface area contributed by atoms with Gasteiger partial charge in [0, 0.05) is 31.9 Å². The minimum atomic E-state index is -1.30. The van der Waals surface area contributed by atoms with Crippen molar-refractivity contribution >= 4 is 18.1 Å². The highest BCUT2D eigenvalue weighted by molar-refractivity contribution is 5.83. The number of hydrogen-bond donors (Lipinski definition) is 1. The third-order valence-corrected chi connectivity index (χ3v) is 8.46. The van der Waals surface area contributed by atoms with Crippen molar-refractivity contribution in [1.29, 1.82) is 0 Å². The lowest BCUT2D eigenvalue weighted by Gasteiger charge is -2.56. The summed E-state index contributed by atoms with van der Waals surface area (Å²) in [6.45, 7) is 13.0. The first-order valence-electron chi connectivity index (χ1n) is 14.0. The molecule has 0 unspecified atom stereocenters. The number of ether oxygens (including phenoxy) is 6. The van der Waals surface area contributed by atoms with Crippen LogP contribution in [-0.2, 0) is 40.4 Å². The average molecular weight is 574 g/mol. The molecule has 0 radical (unpaired) electrons. The first kappa shape index (κ1) is 29.3. The molecule has 2 heterocycles. The van der Waals surface area contributed by atoms with Crippen molar-refractivity contribution < 1.29 is 47.9 Å². The van der Waals surface area contributed by atoms with Gasteiger partial charge in [-0.05, 0) is 65.4 Å². The van der Waals surface area contributed by atoms with Crippen molar-refractivity contribution in [2.75, 3.05) is 13.6 Å². The maximum absolute atomic E-state index is 13.0. The standard InChI is InChI=1S/C30H39NO10/c1-9-31(8)20-14-16-10-11-17(37-26(34)41-27(2,3)4)23-22(16)29(7)24(38-23)18(12-13-30(20,29)35)36-21(32)15-19-25(33)40-28(5,6)39-19/h10-12,19-20,24,35H,9,13-15H2,1-8H3/t19-,20-,24+,29+,30-/m1/s1. The van der Waals surface area contributed by atoms with Crippen LogP contribution in [0.1, 0.15) is 72.4 Å². The van der Waals surface area contributed by atoms with Crippen LogP contribution < -0.4 is 9.47 Å². The summed E-state index contributed by atoms with van der Waals surface area (Å²) < 4.78 is 33.9. The molecule has 5 rings (SSSR count). The quantitative estimate of drug-likeness (QED) is 0.305. The third-order valence-electron chi connectivity index (χ3n) is 8.46. The minimum Gasteiger partial charge on any atom is -0.477 e. The molecule has 0 saturated carbocycles. The molecule has 0 aromatic heterocycles. The molecular formula is C30H39NO10. The average Bonchev–Trinajstić information content (AvgIpc) is 3.31. The van der Waals surface area contributed by atoms with Gasteiger partial charge in [-0.1, -0.05) is 13.0 Å². The Hall–Kier alpha value is -3.15. The van der Waals surface area contributed by atoms with Gasteiger partial charge in [-0.3, -0.25) is 4.79 Å². The molecule has 2 aliphatic carbocycles. The van der Waals surface area contributed by atoms with Crippen molar-refractivity contribution in [2.45, 2.75) is 108 Å². The fraction of sp³-hybridized carbons (Fsp3) is 0.633. The number of carbonyl (C=O) groups excluding carboxylic acids is 3. The van der Waals surface area contributed by atoms with E-state index in [-0.39, 0.29) is 30.4 Å². The number of esters is 2. The molecule has 0 spiro atoms. The highest BCUT2D eigenvalue weighted by Gasteiger charge is 2.68. The zero-order chi connectivity index (χ0) is 30.1. The second-order valence-corrected chi connectivity index (χ2v) is 12.8. The van der Waals surface area contributed by atoms with Crippen molar-refractivity contribution in [2.24, 2.45) is 0 Å². The van der Waals surface area contributed by atoms with Gasteiger partial charge >= 0.3 is 18.1 Å². The van der Waals surface area contributed by atoms with Gasteiger partial charge in [0.2, 0.25) is 5.79 Å². The summed E-state index contributed by atoms with van der Waals surface area (Å²) in [5, 5.41) is 12.4. The number of benzene rings is 1. The lowest BCUT2D eigenvalue weighted by atomic mass is 9.54. The Labute approximate surface area is 239 Å². The van der Waals surface area contributed by atoms with Gasteiger partial charge in [0.1, 0.15) is 11.4 Å². The number of hydrogen-bond acceptors (Lipinski definition) is 11. The molecule has 11 heteroatoms. The Balaban J connectivity index is 1.50. The van der Waals surface area contributed by atoms with Gasteiger partial charge in [-0.15, -0.1) is 0 Å². The van der Waals surface area contributed by atoms with E-state index in [9.17, 15) is 19.5 Å². The van der Waals surface area contributed by atoms with E-state index >= 15 is 0 Å². The Morgan fingerprint density at radius 3 is 2.49 bits per heavy atom. The maximum Gasteiger partial charge on any atom is 0.514 e. The highest BCUT2D eigenvalue weighted by Crippen LogP contribution is 2.62. The first-order valence-corrected chi connectivity index (χ1v) is 14.0. The molecule has 4 aliphatic rings. The van der Waals surface area contributed by atoms with Crippen LogP contribution in [0.5, 0.6) is 11.5 Å². The molecule has 224 valence electrons. The van der Waals surface area contributed by atoms with Crippen molar-refractivity contribution in [1.82, 2.24) is 4.90 Å². The molecule has 41 heavy (non-hydrogen) atoms. The Bertz CT molecular complexity index is 1310. The minimum absolute atomic E-state index is 0.147. The van der Waals surface area contributed by atoms with Crippen molar-refractivity contribution in [3.8, 4) is 11.5 Å². The number of rotatable bonds is 6. The monoisotopic (exact) mass is 573 g/mol. The predicted molar refractivity (Wildman–Crippen MR) is 144 cm³/mol. The Morgan fingerprint density at radius 1 is 1.17 bits per heavy atom. The Kier molecular flexibility index (Phi) is 6.95. The normalized spacial score (nSPS) is 31.1. The predicted octanol–water partition coefficient (Wildman–Crippen LogP) is 3.53. The van der Waals surface area contributed by atoms with Gasteiger partial charge in [0.15, 0.2) is 23.7 Å². The number of aliphatic hydroxyl groups is 1. The number of likely N-dealkylation sites (N-methyl/N-ethyl adjacent to an activating group) is 1. The van der Waals surface area contributed by atoms with Crippen molar-refractivity contribution in [3.63, 3.8) is 0 Å². The smallest absolute Gasteiger partial charge is 0.477 e. The van der Waals surface area contributed by atoms with Crippen LogP contribution in [0.4, 0.5) is 4.79 Å². The molecule has 1 fully saturated rings. The van der Waals surface area contributed by atoms with Gasteiger partial charge in [-0.2, -0.15) is 0 Å². The zero-order valence-corrected chi connectivity index (χ0v) is 24.9. The van der Waals surface area contributed by atoms with E-state index in [4.69, 9.17) is 28.4 Å². The van der Waals surface area contributed by atoms with Gasteiger partial charge in [-0.25, -0.2) is 9.59 Å². The number of cyclic esters (lactones) is 1. The topological polar surface area (TPSA) is 130 Å². The maximum atomic E-state index is 13.0. The van der Waals surface area contributed by atoms with Gasteiger partial charge in [0.05, 0.1) is 17.4 Å². The lowest BCUT2D eigenvalue weighted by Crippen LogP contribution is -2.69. The highest BCUT2D eigenvalue weighted by atomic mass is 16.8. The second kappa shape index (κ2) is 9.71. The van der Waals surface area contributed by atoms with Crippen LogP contribution in [0.3, 0.4) is 0 Å². The molecule has 11 nitrogen and oxygen atoms in total. The van der Waals surface area contributed by atoms with Crippen LogP contribution in [0.15, 0.2) is 24.0 Å². The summed E-state index contributed by atoms with van der Waals surface area (Å²) in [7, 11) is 1.96. The third kappa shape index (κ3) is 4.87. The molecule has 1 aromatic carbocycles. The van der Waals surface area contributed by atoms with Gasteiger partial charge in [0.25, 0.3) is 0 Å². The van der Waals surface area contributed by atoms with Crippen molar-refractivity contribution in [3.05, 3.63) is 35.1 Å². The summed E-state index contributed by atoms with van der Waals surface area (Å²) >= 11 is 0. The summed E-state index contributed by atoms with van der Waals surface area (Å²) in [6, 6.07) is 3.27. The van der Waals surface area contributed by atoms with Crippen LogP contribution >= 0.6 is 0 Å². The van der Waals surface area contributed by atoms with Crippen LogP contribution in [0, 0.1) is 0 Å². The number of carbonyl (C=O) groups is 3. The molecule has 5 atom stereocenters. The van der Waals surface area contributed by atoms with E-state index in [1.54, 1.807) is 46.8 Å². The lowest BCUT2D eigenvalue weighted by molar-refractivity contribution is -0.162. The molecule has 1 aromatic rings. The van der Waals surface area contributed by atoms with E-state index in [1.165, 1.54) is 0 Å². The van der Waals surface area contributed by atoms with E-state index in [2.05, 4.69) is 4.90 Å². The van der Waals surface area contributed by atoms with E-state index in [1.807, 2.05) is 27.0 Å². The van der Waals surface area contributed by atoms with Gasteiger partial charge < -0.3 is 38.4 Å². The van der Waals surface area contributed by atoms with Crippen LogP contribution in [-0.4, -0.2) is 76.9 Å². The summed E-state index contributed by atoms with van der Waals surface area (Å²) in [6.07, 6.45) is -0.839. The SMILES string of the molecule is CCN(C)[C@@H]1Cc2ccc(OC(=O)OC(C)(C)C)c3c2[C@@]2(C)[C@@H](O3)C(OC(=O)C[C@H]3OC(C)(C)OC3=O)=CC[C@@]12O. The van der Waals surface area contributed by atoms with E-state index < -0.39 is 52.7 Å². The summed E-state index contributed by atoms with van der Waals surface area (Å²) in [5.74, 6) is -1.82. The molecular weight excluding hydrogens is 534 g/mol.